The zero-order valence-electron chi connectivity index (χ0n) is 19.1. The summed E-state index contributed by atoms with van der Waals surface area (Å²) in [5.74, 6) is -0.253. The largest absolute Gasteiger partial charge is 0.417 e. The van der Waals surface area contributed by atoms with Gasteiger partial charge in [0.15, 0.2) is 0 Å². The van der Waals surface area contributed by atoms with Gasteiger partial charge in [-0.15, -0.1) is 0 Å². The van der Waals surface area contributed by atoms with Gasteiger partial charge in [-0.1, -0.05) is 30.9 Å². The van der Waals surface area contributed by atoms with Crippen molar-refractivity contribution in [1.82, 2.24) is 14.7 Å². The SMILES string of the molecule is CC(C(=O)N(C)C1CCCCC1)N1CCN(CC(=O)Nc2ccc(Cl)c(C(F)(F)F)c2)CC1. The first-order valence-electron chi connectivity index (χ1n) is 11.5. The minimum Gasteiger partial charge on any atom is -0.341 e. The van der Waals surface area contributed by atoms with Crippen LogP contribution in [0.4, 0.5) is 18.9 Å². The molecule has 0 bridgehead atoms. The Bertz CT molecular complexity index is 837. The summed E-state index contributed by atoms with van der Waals surface area (Å²) < 4.78 is 39.0. The van der Waals surface area contributed by atoms with Crippen molar-refractivity contribution < 1.29 is 22.8 Å². The van der Waals surface area contributed by atoms with Crippen LogP contribution < -0.4 is 5.32 Å². The minimum atomic E-state index is -4.59. The van der Waals surface area contributed by atoms with Crippen molar-refractivity contribution in [2.75, 3.05) is 45.1 Å². The number of rotatable bonds is 6. The molecule has 1 aliphatic carbocycles. The lowest BCUT2D eigenvalue weighted by atomic mass is 9.94. The fraction of sp³-hybridized carbons (Fsp3) is 0.652. The topological polar surface area (TPSA) is 55.9 Å². The fourth-order valence-electron chi connectivity index (χ4n) is 4.63. The standard InChI is InChI=1S/C23H32ClF3N4O2/c1-16(22(33)29(2)18-6-4-3-5-7-18)31-12-10-30(11-13-31)15-21(32)28-17-8-9-20(24)19(14-17)23(25,26)27/h8-9,14,16,18H,3-7,10-13,15H2,1-2H3,(H,28,32). The summed E-state index contributed by atoms with van der Waals surface area (Å²) in [5, 5.41) is 2.11. The molecule has 1 aromatic carbocycles. The number of carbonyl (C=O) groups is 2. The average Bonchev–Trinajstić information content (AvgIpc) is 2.79. The van der Waals surface area contributed by atoms with E-state index in [-0.39, 0.29) is 30.1 Å². The Hall–Kier alpha value is -1.84. The van der Waals surface area contributed by atoms with Crippen LogP contribution in [0.5, 0.6) is 0 Å². The highest BCUT2D eigenvalue weighted by atomic mass is 35.5. The Morgan fingerprint density at radius 1 is 1.15 bits per heavy atom. The van der Waals surface area contributed by atoms with Gasteiger partial charge in [0.1, 0.15) is 0 Å². The van der Waals surface area contributed by atoms with Crippen LogP contribution in [0.1, 0.15) is 44.6 Å². The van der Waals surface area contributed by atoms with Gasteiger partial charge < -0.3 is 10.2 Å². The van der Waals surface area contributed by atoms with E-state index in [9.17, 15) is 22.8 Å². The molecule has 0 aromatic heterocycles. The first kappa shape index (κ1) is 25.8. The van der Waals surface area contributed by atoms with Crippen LogP contribution >= 0.6 is 11.6 Å². The molecule has 2 aliphatic rings. The second-order valence-corrected chi connectivity index (χ2v) is 9.38. The quantitative estimate of drug-likeness (QED) is 0.655. The molecule has 1 aromatic rings. The monoisotopic (exact) mass is 488 g/mol. The third kappa shape index (κ3) is 6.83. The van der Waals surface area contributed by atoms with Crippen LogP contribution in [0.3, 0.4) is 0 Å². The van der Waals surface area contributed by atoms with Gasteiger partial charge in [-0.3, -0.25) is 19.4 Å². The molecular weight excluding hydrogens is 457 g/mol. The van der Waals surface area contributed by atoms with Crippen LogP contribution in [0.15, 0.2) is 18.2 Å². The van der Waals surface area contributed by atoms with Crippen LogP contribution in [0.2, 0.25) is 5.02 Å². The van der Waals surface area contributed by atoms with Crippen LogP contribution in [-0.4, -0.2) is 78.4 Å². The number of nitrogens with zero attached hydrogens (tertiary/aromatic N) is 3. The molecule has 3 rings (SSSR count). The highest BCUT2D eigenvalue weighted by Gasteiger charge is 2.34. The van der Waals surface area contributed by atoms with E-state index < -0.39 is 16.8 Å². The summed E-state index contributed by atoms with van der Waals surface area (Å²) in [6.45, 7) is 4.51. The fourth-order valence-corrected chi connectivity index (χ4v) is 4.86. The number of piperazine rings is 1. The van der Waals surface area contributed by atoms with Gasteiger partial charge in [0.05, 0.1) is 23.2 Å². The number of hydrogen-bond acceptors (Lipinski definition) is 4. The smallest absolute Gasteiger partial charge is 0.341 e. The summed E-state index contributed by atoms with van der Waals surface area (Å²) in [5.41, 5.74) is -0.923. The molecule has 184 valence electrons. The first-order chi connectivity index (χ1) is 15.6. The Balaban J connectivity index is 1.47. The van der Waals surface area contributed by atoms with Gasteiger partial charge in [-0.2, -0.15) is 13.2 Å². The number of likely N-dealkylation sites (N-methyl/N-ethyl adjacent to an activating group) is 1. The van der Waals surface area contributed by atoms with Gasteiger partial charge in [0.25, 0.3) is 0 Å². The molecule has 1 atom stereocenters. The van der Waals surface area contributed by atoms with Crippen molar-refractivity contribution >= 4 is 29.1 Å². The second-order valence-electron chi connectivity index (χ2n) is 8.97. The molecular formula is C23H32ClF3N4O2. The molecule has 0 spiro atoms. The number of amides is 2. The maximum Gasteiger partial charge on any atom is 0.417 e. The summed E-state index contributed by atoms with van der Waals surface area (Å²) in [7, 11) is 1.90. The summed E-state index contributed by atoms with van der Waals surface area (Å²) in [6.07, 6.45) is 1.13. The van der Waals surface area contributed by atoms with Crippen LogP contribution in [0, 0.1) is 0 Å². The second kappa shape index (κ2) is 11.1. The van der Waals surface area contributed by atoms with Crippen molar-refractivity contribution in [3.8, 4) is 0 Å². The number of alkyl halides is 3. The number of halogens is 4. The normalized spacial score (nSPS) is 19.8. The molecule has 10 heteroatoms. The van der Waals surface area contributed by atoms with E-state index in [0.717, 1.165) is 25.0 Å². The minimum absolute atomic E-state index is 0.0559. The van der Waals surface area contributed by atoms with Crippen molar-refractivity contribution in [2.45, 2.75) is 57.3 Å². The van der Waals surface area contributed by atoms with E-state index in [2.05, 4.69) is 10.2 Å². The van der Waals surface area contributed by atoms with Crippen molar-refractivity contribution in [3.63, 3.8) is 0 Å². The lowest BCUT2D eigenvalue weighted by Crippen LogP contribution is -2.56. The Morgan fingerprint density at radius 2 is 1.79 bits per heavy atom. The van der Waals surface area contributed by atoms with E-state index in [1.54, 1.807) is 0 Å². The zero-order chi connectivity index (χ0) is 24.2. The molecule has 1 saturated carbocycles. The average molecular weight is 489 g/mol. The summed E-state index contributed by atoms with van der Waals surface area (Å²) in [6, 6.07) is 3.42. The van der Waals surface area contributed by atoms with Gasteiger partial charge in [-0.25, -0.2) is 0 Å². The molecule has 1 heterocycles. The van der Waals surface area contributed by atoms with E-state index in [1.165, 1.54) is 25.3 Å². The number of carbonyl (C=O) groups excluding carboxylic acids is 2. The third-order valence-electron chi connectivity index (χ3n) is 6.70. The lowest BCUT2D eigenvalue weighted by molar-refractivity contribution is -0.139. The number of anilines is 1. The van der Waals surface area contributed by atoms with E-state index in [4.69, 9.17) is 11.6 Å². The molecule has 1 unspecified atom stereocenters. The number of nitrogens with one attached hydrogen (secondary N) is 1. The predicted molar refractivity (Wildman–Crippen MR) is 122 cm³/mol. The Labute approximate surface area is 198 Å². The van der Waals surface area contributed by atoms with E-state index >= 15 is 0 Å². The molecule has 0 radical (unpaired) electrons. The Kier molecular flexibility index (Phi) is 8.64. The molecule has 6 nitrogen and oxygen atoms in total. The van der Waals surface area contributed by atoms with E-state index in [0.29, 0.717) is 32.2 Å². The van der Waals surface area contributed by atoms with Gasteiger partial charge in [-0.05, 0) is 38.0 Å². The third-order valence-corrected chi connectivity index (χ3v) is 7.03. The zero-order valence-corrected chi connectivity index (χ0v) is 19.9. The number of hydrogen-bond donors (Lipinski definition) is 1. The molecule has 1 N–H and O–H groups in total. The van der Waals surface area contributed by atoms with Crippen LogP contribution in [0.25, 0.3) is 0 Å². The highest BCUT2D eigenvalue weighted by Crippen LogP contribution is 2.36. The first-order valence-corrected chi connectivity index (χ1v) is 11.8. The Morgan fingerprint density at radius 3 is 2.39 bits per heavy atom. The van der Waals surface area contributed by atoms with Gasteiger partial charge >= 0.3 is 6.18 Å². The van der Waals surface area contributed by atoms with Gasteiger partial charge in [0, 0.05) is 45.0 Å². The molecule has 2 amide bonds. The maximum atomic E-state index is 13.0. The van der Waals surface area contributed by atoms with Crippen molar-refractivity contribution in [3.05, 3.63) is 28.8 Å². The lowest BCUT2D eigenvalue weighted by Gasteiger charge is -2.40. The summed E-state index contributed by atoms with van der Waals surface area (Å²) >= 11 is 5.63. The van der Waals surface area contributed by atoms with E-state index in [1.807, 2.05) is 23.8 Å². The maximum absolute atomic E-state index is 13.0. The van der Waals surface area contributed by atoms with Gasteiger partial charge in [0.2, 0.25) is 11.8 Å². The predicted octanol–water partition coefficient (Wildman–Crippen LogP) is 4.09. The number of benzene rings is 1. The molecule has 1 aliphatic heterocycles. The molecule has 33 heavy (non-hydrogen) atoms. The van der Waals surface area contributed by atoms with Crippen molar-refractivity contribution in [1.29, 1.82) is 0 Å². The molecule has 1 saturated heterocycles. The highest BCUT2D eigenvalue weighted by molar-refractivity contribution is 6.31. The summed E-state index contributed by atoms with van der Waals surface area (Å²) in [4.78, 5) is 31.3. The van der Waals surface area contributed by atoms with Crippen molar-refractivity contribution in [2.24, 2.45) is 0 Å². The molecule has 2 fully saturated rings. The van der Waals surface area contributed by atoms with Crippen LogP contribution in [-0.2, 0) is 15.8 Å².